The third-order valence-corrected chi connectivity index (χ3v) is 11.5. The van der Waals surface area contributed by atoms with Crippen molar-refractivity contribution in [2.24, 2.45) is 0 Å². The zero-order chi connectivity index (χ0) is 39.6. The zero-order valence-corrected chi connectivity index (χ0v) is 33.3. The average Bonchev–Trinajstić information content (AvgIpc) is 3.57. The van der Waals surface area contributed by atoms with E-state index < -0.39 is 5.41 Å². The van der Waals surface area contributed by atoms with Crippen LogP contribution in [-0.2, 0) is 5.41 Å². The van der Waals surface area contributed by atoms with Crippen LogP contribution in [0, 0.1) is 0 Å². The summed E-state index contributed by atoms with van der Waals surface area (Å²) in [5.41, 5.74) is 17.5. The minimum absolute atomic E-state index is 0.423. The summed E-state index contributed by atoms with van der Waals surface area (Å²) < 4.78 is 0. The summed E-state index contributed by atoms with van der Waals surface area (Å²) in [4.78, 5) is 14.9. The Labute approximate surface area is 342 Å². The lowest BCUT2D eigenvalue weighted by Gasteiger charge is -2.38. The lowest BCUT2D eigenvalue weighted by atomic mass is 9.64. The normalized spacial score (nSPS) is 15.8. The molecule has 3 heteroatoms. The molecule has 7 aromatic rings. The van der Waals surface area contributed by atoms with E-state index in [1.165, 1.54) is 50.1 Å². The molecule has 0 fully saturated rings. The Morgan fingerprint density at radius 1 is 0.500 bits per heavy atom. The van der Waals surface area contributed by atoms with Gasteiger partial charge in [0, 0.05) is 16.7 Å². The van der Waals surface area contributed by atoms with Crippen LogP contribution in [0.3, 0.4) is 0 Å². The van der Waals surface area contributed by atoms with Crippen molar-refractivity contribution in [3.8, 4) is 67.5 Å². The van der Waals surface area contributed by atoms with Crippen LogP contribution < -0.4 is 0 Å². The van der Waals surface area contributed by atoms with E-state index in [1.54, 1.807) is 0 Å². The second-order valence-electron chi connectivity index (χ2n) is 15.5. The van der Waals surface area contributed by atoms with Crippen molar-refractivity contribution in [1.82, 2.24) is 15.0 Å². The average molecular weight is 748 g/mol. The van der Waals surface area contributed by atoms with Gasteiger partial charge in [-0.2, -0.15) is 0 Å². The van der Waals surface area contributed by atoms with Crippen LogP contribution in [0.15, 0.2) is 211 Å². The maximum atomic E-state index is 5.00. The molecule has 0 saturated heterocycles. The summed E-state index contributed by atoms with van der Waals surface area (Å²) in [6.45, 7) is 10.9. The molecular weight excluding hydrogens is 703 g/mol. The third-order valence-electron chi connectivity index (χ3n) is 11.5. The van der Waals surface area contributed by atoms with Gasteiger partial charge in [-0.3, -0.25) is 0 Å². The lowest BCUT2D eigenvalue weighted by molar-refractivity contribution is 0.683. The van der Waals surface area contributed by atoms with Crippen LogP contribution in [0.25, 0.3) is 67.5 Å². The van der Waals surface area contributed by atoms with Crippen LogP contribution in [0.1, 0.15) is 44.7 Å². The van der Waals surface area contributed by atoms with Crippen LogP contribution in [-0.4, -0.2) is 15.0 Å². The molecular formula is C55H45N3. The highest BCUT2D eigenvalue weighted by Crippen LogP contribution is 2.58. The minimum Gasteiger partial charge on any atom is -0.208 e. The van der Waals surface area contributed by atoms with Crippen molar-refractivity contribution in [2.75, 3.05) is 0 Å². The molecule has 1 atom stereocenters. The van der Waals surface area contributed by atoms with Crippen LogP contribution in [0.2, 0.25) is 0 Å². The highest BCUT2D eigenvalue weighted by molar-refractivity contribution is 5.90. The topological polar surface area (TPSA) is 38.7 Å². The molecule has 3 nitrogen and oxygen atoms in total. The van der Waals surface area contributed by atoms with E-state index in [2.05, 4.69) is 149 Å². The molecule has 0 amide bonds. The van der Waals surface area contributed by atoms with Gasteiger partial charge >= 0.3 is 0 Å². The Bertz CT molecular complexity index is 2760. The number of hydrogen-bond donors (Lipinski definition) is 0. The molecule has 0 saturated carbocycles. The summed E-state index contributed by atoms with van der Waals surface area (Å²) in [5, 5.41) is 0. The first-order valence-corrected chi connectivity index (χ1v) is 20.1. The first kappa shape index (κ1) is 36.7. The second-order valence-corrected chi connectivity index (χ2v) is 15.5. The maximum Gasteiger partial charge on any atom is 0.164 e. The molecule has 1 aromatic heterocycles. The molecule has 0 radical (unpaired) electrons. The molecule has 2 aliphatic rings. The molecule has 1 unspecified atom stereocenters. The number of allylic oxidation sites excluding steroid dienone is 9. The Hall–Kier alpha value is -6.97. The van der Waals surface area contributed by atoms with E-state index in [-0.39, 0.29) is 0 Å². The van der Waals surface area contributed by atoms with Gasteiger partial charge in [0.1, 0.15) is 0 Å². The van der Waals surface area contributed by atoms with Gasteiger partial charge in [0.05, 0.1) is 5.41 Å². The number of hydrogen-bond acceptors (Lipinski definition) is 3. The van der Waals surface area contributed by atoms with E-state index in [9.17, 15) is 0 Å². The van der Waals surface area contributed by atoms with Crippen LogP contribution >= 0.6 is 0 Å². The van der Waals surface area contributed by atoms with Crippen molar-refractivity contribution in [2.45, 2.75) is 39.0 Å². The summed E-state index contributed by atoms with van der Waals surface area (Å²) in [6.07, 6.45) is 13.3. The van der Waals surface area contributed by atoms with Crippen molar-refractivity contribution in [1.29, 1.82) is 0 Å². The quantitative estimate of drug-likeness (QED) is 0.138. The Balaban J connectivity index is 1.14. The predicted octanol–water partition coefficient (Wildman–Crippen LogP) is 14.2. The molecule has 280 valence electrons. The number of nitrogens with zero attached hydrogens (tertiary/aromatic N) is 3. The number of aromatic nitrogens is 3. The summed E-state index contributed by atoms with van der Waals surface area (Å²) in [5.74, 6) is 1.94. The van der Waals surface area contributed by atoms with Crippen molar-refractivity contribution in [3.63, 3.8) is 0 Å². The smallest absolute Gasteiger partial charge is 0.164 e. The number of rotatable bonds is 9. The first-order valence-electron chi connectivity index (χ1n) is 20.1. The van der Waals surface area contributed by atoms with Gasteiger partial charge in [0.25, 0.3) is 0 Å². The highest BCUT2D eigenvalue weighted by atomic mass is 15.0. The Morgan fingerprint density at radius 3 is 1.60 bits per heavy atom. The SMILES string of the molecule is C=C/C(=C\C=C(C)C)C1(C2=CC=C(C)CC2)c2ccccc2-c2cc(-c3cccc(-c4cccc(-c5nc(-c6ccccc6)nc(-c6ccccc6)n5)c4)c3)ccc21. The predicted molar refractivity (Wildman–Crippen MR) is 242 cm³/mol. The van der Waals surface area contributed by atoms with Crippen molar-refractivity contribution >= 4 is 0 Å². The molecule has 0 bridgehead atoms. The van der Waals surface area contributed by atoms with Gasteiger partial charge in [-0.05, 0) is 102 Å². The Morgan fingerprint density at radius 2 is 1.02 bits per heavy atom. The van der Waals surface area contributed by atoms with Gasteiger partial charge in [0.15, 0.2) is 17.5 Å². The van der Waals surface area contributed by atoms with E-state index in [4.69, 9.17) is 15.0 Å². The fourth-order valence-corrected chi connectivity index (χ4v) is 8.62. The van der Waals surface area contributed by atoms with Gasteiger partial charge < -0.3 is 0 Å². The summed E-state index contributed by atoms with van der Waals surface area (Å²) in [7, 11) is 0. The van der Waals surface area contributed by atoms with Gasteiger partial charge in [-0.25, -0.2) is 15.0 Å². The molecule has 0 aliphatic heterocycles. The monoisotopic (exact) mass is 747 g/mol. The van der Waals surface area contributed by atoms with E-state index in [1.807, 2.05) is 60.7 Å². The number of benzene rings is 6. The first-order chi connectivity index (χ1) is 28.4. The molecule has 58 heavy (non-hydrogen) atoms. The third kappa shape index (κ3) is 6.69. The standard InChI is InChI=1S/C55H45N3/c1-5-46(30-26-37(2)3)55(47-31-27-38(4)28-32-47)50-25-13-12-24-48(50)49-36-44(29-33-51(49)55)42-21-14-20-41(34-42)43-22-15-23-45(35-43)54-57-52(39-16-8-6-9-17-39)56-53(58-54)40-18-10-7-11-19-40/h5-27,29-31,33-36H,1,28,32H2,2-4H3/b46-30+. The molecule has 6 aromatic carbocycles. The fourth-order valence-electron chi connectivity index (χ4n) is 8.62. The summed E-state index contributed by atoms with van der Waals surface area (Å²) in [6, 6.07) is 53.7. The summed E-state index contributed by atoms with van der Waals surface area (Å²) >= 11 is 0. The molecule has 1 heterocycles. The van der Waals surface area contributed by atoms with Crippen molar-refractivity contribution < 1.29 is 0 Å². The van der Waals surface area contributed by atoms with Gasteiger partial charge in [0.2, 0.25) is 0 Å². The molecule has 0 spiro atoms. The molecule has 0 N–H and O–H groups in total. The van der Waals surface area contributed by atoms with Crippen molar-refractivity contribution in [3.05, 3.63) is 222 Å². The fraction of sp³-hybridized carbons (Fsp3) is 0.109. The lowest BCUT2D eigenvalue weighted by Crippen LogP contribution is -2.30. The Kier molecular flexibility index (Phi) is 9.81. The van der Waals surface area contributed by atoms with E-state index in [0.29, 0.717) is 17.5 Å². The molecule has 9 rings (SSSR count). The van der Waals surface area contributed by atoms with E-state index in [0.717, 1.165) is 46.2 Å². The minimum atomic E-state index is -0.423. The second kappa shape index (κ2) is 15.5. The highest BCUT2D eigenvalue weighted by Gasteiger charge is 2.47. The largest absolute Gasteiger partial charge is 0.208 e. The van der Waals surface area contributed by atoms with Crippen LogP contribution in [0.5, 0.6) is 0 Å². The number of fused-ring (bicyclic) bond motifs is 3. The maximum absolute atomic E-state index is 5.00. The van der Waals surface area contributed by atoms with E-state index >= 15 is 0 Å². The molecule has 2 aliphatic carbocycles. The van der Waals surface area contributed by atoms with Gasteiger partial charge in [-0.15, -0.1) is 0 Å². The zero-order valence-electron chi connectivity index (χ0n) is 33.3. The van der Waals surface area contributed by atoms with Gasteiger partial charge in [-0.1, -0.05) is 187 Å². The van der Waals surface area contributed by atoms with Crippen LogP contribution in [0.4, 0.5) is 0 Å².